The molecule has 71 valence electrons. The number of hydrogen-bond donors (Lipinski definition) is 0. The molecule has 14 heavy (non-hydrogen) atoms. The van der Waals surface area contributed by atoms with Crippen molar-refractivity contribution in [1.82, 2.24) is 0 Å². The highest BCUT2D eigenvalue weighted by Gasteiger charge is 2.15. The van der Waals surface area contributed by atoms with Gasteiger partial charge in [0, 0.05) is 0 Å². The lowest BCUT2D eigenvalue weighted by Gasteiger charge is -2.10. The van der Waals surface area contributed by atoms with Crippen LogP contribution in [0.15, 0.2) is 47.7 Å². The van der Waals surface area contributed by atoms with E-state index in [1.165, 1.54) is 11.1 Å². The van der Waals surface area contributed by atoms with Gasteiger partial charge in [-0.05, 0) is 17.6 Å². The third-order valence-electron chi connectivity index (χ3n) is 2.56. The maximum Gasteiger partial charge on any atom is 0.0795 e. The van der Waals surface area contributed by atoms with Crippen molar-refractivity contribution in [3.63, 3.8) is 0 Å². The Morgan fingerprint density at radius 2 is 1.71 bits per heavy atom. The molecule has 0 spiro atoms. The van der Waals surface area contributed by atoms with E-state index in [0.29, 0.717) is 0 Å². The molecular weight excluding hydrogens is 184 g/mol. The molecule has 1 aromatic carbocycles. The largest absolute Gasteiger partial charge is 0.0811 e. The second-order valence-electron chi connectivity index (χ2n) is 3.84. The molecular formula is C13H15Si. The van der Waals surface area contributed by atoms with E-state index in [-0.39, 0.29) is 8.80 Å². The first-order valence-corrected chi connectivity index (χ1v) is 7.55. The highest BCUT2D eigenvalue weighted by molar-refractivity contribution is 6.67. The van der Waals surface area contributed by atoms with Crippen LogP contribution in [0.3, 0.4) is 0 Å². The molecule has 0 atom stereocenters. The van der Waals surface area contributed by atoms with Gasteiger partial charge in [0.15, 0.2) is 0 Å². The molecule has 0 heterocycles. The van der Waals surface area contributed by atoms with E-state index >= 15 is 0 Å². The third-order valence-corrected chi connectivity index (χ3v) is 4.11. The molecule has 0 aliphatic heterocycles. The average molecular weight is 199 g/mol. The molecule has 1 radical (unpaired) electrons. The summed E-state index contributed by atoms with van der Waals surface area (Å²) in [5, 5.41) is 1.60. The summed E-state index contributed by atoms with van der Waals surface area (Å²) in [7, 11) is -0.315. The summed E-state index contributed by atoms with van der Waals surface area (Å²) in [6.45, 7) is 4.72. The molecule has 0 fully saturated rings. The van der Waals surface area contributed by atoms with Crippen LogP contribution in [0, 0.1) is 0 Å². The molecule has 0 nitrogen and oxygen atoms in total. The van der Waals surface area contributed by atoms with Crippen molar-refractivity contribution >= 4 is 14.4 Å². The van der Waals surface area contributed by atoms with E-state index in [1.807, 2.05) is 0 Å². The first kappa shape index (κ1) is 9.47. The van der Waals surface area contributed by atoms with Crippen LogP contribution in [0.5, 0.6) is 0 Å². The van der Waals surface area contributed by atoms with E-state index in [4.69, 9.17) is 0 Å². The topological polar surface area (TPSA) is 0 Å². The minimum atomic E-state index is -0.315. The lowest BCUT2D eigenvalue weighted by molar-refractivity contribution is 1.45. The fourth-order valence-electron chi connectivity index (χ4n) is 1.88. The van der Waals surface area contributed by atoms with Gasteiger partial charge in [-0.3, -0.25) is 0 Å². The Labute approximate surface area is 87.6 Å². The Kier molecular flexibility index (Phi) is 2.68. The molecule has 0 aromatic heterocycles. The lowest BCUT2D eigenvalue weighted by Crippen LogP contribution is -2.05. The van der Waals surface area contributed by atoms with Crippen LogP contribution in [0.2, 0.25) is 13.1 Å². The van der Waals surface area contributed by atoms with E-state index in [1.54, 1.807) is 5.20 Å². The molecule has 0 unspecified atom stereocenters. The molecule has 0 amide bonds. The van der Waals surface area contributed by atoms with Crippen molar-refractivity contribution < 1.29 is 0 Å². The molecule has 0 saturated heterocycles. The van der Waals surface area contributed by atoms with Crippen LogP contribution in [-0.4, -0.2) is 8.80 Å². The molecule has 0 N–H and O–H groups in total. The second-order valence-corrected chi connectivity index (χ2v) is 6.38. The first-order valence-electron chi connectivity index (χ1n) is 5.05. The van der Waals surface area contributed by atoms with Crippen LogP contribution in [-0.2, 0) is 0 Å². The fourth-order valence-corrected chi connectivity index (χ4v) is 3.19. The number of hydrogen-bond acceptors (Lipinski definition) is 0. The standard InChI is InChI=1S/C13H15Si/c1-14(2)13-10-6-9-12(13)11-7-4-3-5-8-11/h3-5,7-10H,6H2,1-2H3. The zero-order valence-corrected chi connectivity index (χ0v) is 9.75. The molecule has 0 saturated carbocycles. The van der Waals surface area contributed by atoms with Gasteiger partial charge in [-0.1, -0.05) is 60.8 Å². The zero-order valence-electron chi connectivity index (χ0n) is 8.75. The van der Waals surface area contributed by atoms with Gasteiger partial charge < -0.3 is 0 Å². The van der Waals surface area contributed by atoms with Gasteiger partial charge in [0.05, 0.1) is 8.80 Å². The van der Waals surface area contributed by atoms with Gasteiger partial charge in [0.2, 0.25) is 0 Å². The van der Waals surface area contributed by atoms with E-state index in [2.05, 4.69) is 55.6 Å². The Morgan fingerprint density at radius 3 is 2.36 bits per heavy atom. The van der Waals surface area contributed by atoms with Gasteiger partial charge in [-0.25, -0.2) is 0 Å². The highest BCUT2D eigenvalue weighted by Crippen LogP contribution is 2.30. The van der Waals surface area contributed by atoms with Crippen molar-refractivity contribution in [2.24, 2.45) is 0 Å². The highest BCUT2D eigenvalue weighted by atomic mass is 28.3. The Morgan fingerprint density at radius 1 is 1.00 bits per heavy atom. The molecule has 2 rings (SSSR count). The molecule has 1 aromatic rings. The smallest absolute Gasteiger partial charge is 0.0795 e. The monoisotopic (exact) mass is 199 g/mol. The summed E-state index contributed by atoms with van der Waals surface area (Å²) in [4.78, 5) is 0. The number of benzene rings is 1. The van der Waals surface area contributed by atoms with Crippen LogP contribution in [0.25, 0.3) is 5.57 Å². The predicted molar refractivity (Wildman–Crippen MR) is 64.6 cm³/mol. The SMILES string of the molecule is C[Si](C)C1=CCC=C1c1ccccc1. The quantitative estimate of drug-likeness (QED) is 0.637. The van der Waals surface area contributed by atoms with Crippen LogP contribution >= 0.6 is 0 Å². The van der Waals surface area contributed by atoms with Crippen molar-refractivity contribution in [3.05, 3.63) is 53.2 Å². The second kappa shape index (κ2) is 3.97. The minimum Gasteiger partial charge on any atom is -0.0811 e. The first-order chi connectivity index (χ1) is 6.79. The van der Waals surface area contributed by atoms with E-state index in [0.717, 1.165) is 6.42 Å². The lowest BCUT2D eigenvalue weighted by atomic mass is 10.1. The summed E-state index contributed by atoms with van der Waals surface area (Å²) in [6.07, 6.45) is 5.86. The van der Waals surface area contributed by atoms with Gasteiger partial charge in [0.25, 0.3) is 0 Å². The van der Waals surface area contributed by atoms with E-state index < -0.39 is 0 Å². The maximum atomic E-state index is 2.39. The van der Waals surface area contributed by atoms with Crippen LogP contribution in [0.1, 0.15) is 12.0 Å². The summed E-state index contributed by atoms with van der Waals surface area (Å²) >= 11 is 0. The Bertz CT molecular complexity index is 371. The summed E-state index contributed by atoms with van der Waals surface area (Å²) < 4.78 is 0. The molecule has 1 aliphatic carbocycles. The summed E-state index contributed by atoms with van der Waals surface area (Å²) in [5.41, 5.74) is 2.85. The molecule has 1 heteroatoms. The Hall–Kier alpha value is -1.08. The van der Waals surface area contributed by atoms with Crippen molar-refractivity contribution in [1.29, 1.82) is 0 Å². The Balaban J connectivity index is 2.33. The normalized spacial score (nSPS) is 15.6. The molecule has 0 bridgehead atoms. The summed E-state index contributed by atoms with van der Waals surface area (Å²) in [6, 6.07) is 10.7. The molecule has 1 aliphatic rings. The predicted octanol–water partition coefficient (Wildman–Crippen LogP) is 3.69. The average Bonchev–Trinajstić information content (AvgIpc) is 2.67. The maximum absolute atomic E-state index is 2.39. The van der Waals surface area contributed by atoms with Gasteiger partial charge >= 0.3 is 0 Å². The van der Waals surface area contributed by atoms with Crippen LogP contribution in [0.4, 0.5) is 0 Å². The van der Waals surface area contributed by atoms with Crippen LogP contribution < -0.4 is 0 Å². The van der Waals surface area contributed by atoms with Gasteiger partial charge in [-0.15, -0.1) is 0 Å². The third kappa shape index (κ3) is 1.73. The number of allylic oxidation sites excluding steroid dienone is 4. The van der Waals surface area contributed by atoms with Gasteiger partial charge in [-0.2, -0.15) is 0 Å². The van der Waals surface area contributed by atoms with Crippen molar-refractivity contribution in [3.8, 4) is 0 Å². The zero-order chi connectivity index (χ0) is 9.97. The fraction of sp³-hybridized carbons (Fsp3) is 0.231. The number of rotatable bonds is 2. The van der Waals surface area contributed by atoms with Crippen molar-refractivity contribution in [2.75, 3.05) is 0 Å². The summed E-state index contributed by atoms with van der Waals surface area (Å²) in [5.74, 6) is 0. The van der Waals surface area contributed by atoms with Gasteiger partial charge in [0.1, 0.15) is 0 Å². The minimum absolute atomic E-state index is 0.315. The van der Waals surface area contributed by atoms with Crippen molar-refractivity contribution in [2.45, 2.75) is 19.5 Å². The van der Waals surface area contributed by atoms with E-state index in [9.17, 15) is 0 Å².